The van der Waals surface area contributed by atoms with Gasteiger partial charge in [-0.15, -0.1) is 11.3 Å². The van der Waals surface area contributed by atoms with Crippen LogP contribution in [0.2, 0.25) is 0 Å². The van der Waals surface area contributed by atoms with Crippen LogP contribution in [0.25, 0.3) is 86.8 Å². The third-order valence-corrected chi connectivity index (χ3v) is 11.9. The van der Waals surface area contributed by atoms with Gasteiger partial charge in [0.15, 0.2) is 17.5 Å². The van der Waals surface area contributed by atoms with Crippen LogP contribution in [-0.4, -0.2) is 19.5 Å². The highest BCUT2D eigenvalue weighted by molar-refractivity contribution is 7.25. The number of hydrogen-bond acceptors (Lipinski definition) is 4. The SMILES string of the molecule is C1=CC(c2nc(-c3ccccc3)nc(-c3ccc4sc5ccccc5c4c3)n2)=CC(c2cccc(-n3c4ccccc4c4ccc5ccccc5c43)c2)C1. The highest BCUT2D eigenvalue weighted by Gasteiger charge is 2.20. The molecule has 0 saturated carbocycles. The average molecular weight is 709 g/mol. The van der Waals surface area contributed by atoms with E-state index in [1.165, 1.54) is 58.3 Å². The maximum Gasteiger partial charge on any atom is 0.164 e. The van der Waals surface area contributed by atoms with E-state index in [9.17, 15) is 0 Å². The molecule has 254 valence electrons. The Labute approximate surface area is 316 Å². The van der Waals surface area contributed by atoms with E-state index >= 15 is 0 Å². The van der Waals surface area contributed by atoms with Crippen LogP contribution in [0.5, 0.6) is 0 Å². The van der Waals surface area contributed by atoms with Gasteiger partial charge in [0.1, 0.15) is 0 Å². The second-order valence-corrected chi connectivity index (χ2v) is 15.1. The second kappa shape index (κ2) is 12.5. The number of rotatable bonds is 5. The van der Waals surface area contributed by atoms with Crippen molar-refractivity contribution in [1.29, 1.82) is 0 Å². The normalized spacial score (nSPS) is 14.4. The van der Waals surface area contributed by atoms with Crippen LogP contribution < -0.4 is 0 Å². The van der Waals surface area contributed by atoms with Crippen LogP contribution in [-0.2, 0) is 0 Å². The van der Waals surface area contributed by atoms with Crippen molar-refractivity contribution in [3.8, 4) is 28.5 Å². The lowest BCUT2D eigenvalue weighted by Gasteiger charge is -2.19. The van der Waals surface area contributed by atoms with E-state index in [0.717, 1.165) is 28.8 Å². The first-order valence-electron chi connectivity index (χ1n) is 18.4. The fraction of sp³-hybridized carbons (Fsp3) is 0.0408. The van der Waals surface area contributed by atoms with E-state index in [1.807, 2.05) is 29.5 Å². The Kier molecular flexibility index (Phi) is 7.13. The zero-order valence-corrected chi connectivity index (χ0v) is 30.0. The van der Waals surface area contributed by atoms with Gasteiger partial charge in [0, 0.05) is 64.6 Å². The van der Waals surface area contributed by atoms with Crippen molar-refractivity contribution >= 4 is 69.7 Å². The van der Waals surface area contributed by atoms with Gasteiger partial charge < -0.3 is 4.57 Å². The molecule has 0 radical (unpaired) electrons. The summed E-state index contributed by atoms with van der Waals surface area (Å²) >= 11 is 1.82. The number of allylic oxidation sites excluding steroid dienone is 4. The molecule has 0 N–H and O–H groups in total. The molecule has 5 heteroatoms. The molecule has 1 aliphatic rings. The van der Waals surface area contributed by atoms with Crippen LogP contribution in [0.4, 0.5) is 0 Å². The number of aromatic nitrogens is 4. The fourth-order valence-electron chi connectivity index (χ4n) is 8.17. The van der Waals surface area contributed by atoms with Crippen molar-refractivity contribution < 1.29 is 0 Å². The Morgan fingerprint density at radius 2 is 1.26 bits per heavy atom. The molecular formula is C49H32N4S. The summed E-state index contributed by atoms with van der Waals surface area (Å²) in [5.74, 6) is 2.18. The first-order chi connectivity index (χ1) is 26.7. The number of fused-ring (bicyclic) bond motifs is 8. The molecule has 54 heavy (non-hydrogen) atoms. The van der Waals surface area contributed by atoms with Crippen molar-refractivity contribution in [2.24, 2.45) is 0 Å². The molecule has 0 fully saturated rings. The predicted molar refractivity (Wildman–Crippen MR) is 226 cm³/mol. The lowest BCUT2D eigenvalue weighted by atomic mass is 9.89. The third-order valence-electron chi connectivity index (χ3n) is 10.7. The first-order valence-corrected chi connectivity index (χ1v) is 19.2. The van der Waals surface area contributed by atoms with Crippen molar-refractivity contribution in [2.75, 3.05) is 0 Å². The van der Waals surface area contributed by atoms with Crippen LogP contribution in [0, 0.1) is 0 Å². The summed E-state index contributed by atoms with van der Waals surface area (Å²) < 4.78 is 4.98. The Morgan fingerprint density at radius 3 is 2.17 bits per heavy atom. The molecule has 7 aromatic carbocycles. The Hall–Kier alpha value is -6.69. The summed E-state index contributed by atoms with van der Waals surface area (Å²) in [5, 5.41) is 7.51. The molecule has 1 unspecified atom stereocenters. The second-order valence-electron chi connectivity index (χ2n) is 14.0. The minimum Gasteiger partial charge on any atom is -0.309 e. The Morgan fingerprint density at radius 1 is 0.519 bits per heavy atom. The van der Waals surface area contributed by atoms with Crippen molar-refractivity contribution in [2.45, 2.75) is 12.3 Å². The van der Waals surface area contributed by atoms with Crippen LogP contribution in [0.1, 0.15) is 23.7 Å². The zero-order valence-electron chi connectivity index (χ0n) is 29.2. The highest BCUT2D eigenvalue weighted by Crippen LogP contribution is 2.39. The van der Waals surface area contributed by atoms with E-state index in [2.05, 4.69) is 162 Å². The number of para-hydroxylation sites is 1. The maximum absolute atomic E-state index is 5.17. The molecule has 10 aromatic rings. The standard InChI is InChI=1S/C49H32N4S/c1-2-13-32(14-3-1)47-50-48(52-49(51-47)36-25-27-45-42(30-36)40-21-7-9-23-44(40)54-45)35-17-10-15-33(28-35)34-16-11-18-37(29-34)53-43-22-8-6-20-39(43)41-26-24-31-12-4-5-19-38(31)46(41)53/h1-14,16-30,33H,15H2. The third kappa shape index (κ3) is 5.08. The van der Waals surface area contributed by atoms with Gasteiger partial charge in [-0.1, -0.05) is 133 Å². The van der Waals surface area contributed by atoms with Gasteiger partial charge >= 0.3 is 0 Å². The van der Waals surface area contributed by atoms with Crippen molar-refractivity contribution in [3.63, 3.8) is 0 Å². The number of thiophene rings is 1. The van der Waals surface area contributed by atoms with Gasteiger partial charge in [-0.25, -0.2) is 15.0 Å². The Balaban J connectivity index is 1.03. The smallest absolute Gasteiger partial charge is 0.164 e. The van der Waals surface area contributed by atoms with Gasteiger partial charge in [0.25, 0.3) is 0 Å². The summed E-state index contributed by atoms with van der Waals surface area (Å²) in [6, 6.07) is 56.4. The summed E-state index contributed by atoms with van der Waals surface area (Å²) in [5.41, 5.74) is 7.81. The number of hydrogen-bond donors (Lipinski definition) is 0. The van der Waals surface area contributed by atoms with Crippen LogP contribution in [0.15, 0.2) is 176 Å². The first kappa shape index (κ1) is 30.9. The van der Waals surface area contributed by atoms with Gasteiger partial charge in [0.05, 0.1) is 11.0 Å². The monoisotopic (exact) mass is 708 g/mol. The summed E-state index contributed by atoms with van der Waals surface area (Å²) in [7, 11) is 0. The molecule has 0 aliphatic heterocycles. The number of benzene rings is 7. The maximum atomic E-state index is 5.17. The van der Waals surface area contributed by atoms with E-state index < -0.39 is 0 Å². The molecule has 0 saturated heterocycles. The minimum atomic E-state index is 0.156. The summed E-state index contributed by atoms with van der Waals surface area (Å²) in [4.78, 5) is 15.3. The summed E-state index contributed by atoms with van der Waals surface area (Å²) in [6.45, 7) is 0. The average Bonchev–Trinajstić information content (AvgIpc) is 3.80. The summed E-state index contributed by atoms with van der Waals surface area (Å²) in [6.07, 6.45) is 7.66. The molecule has 11 rings (SSSR count). The van der Waals surface area contributed by atoms with E-state index in [-0.39, 0.29) is 5.92 Å². The highest BCUT2D eigenvalue weighted by atomic mass is 32.1. The molecule has 3 heterocycles. The molecule has 0 amide bonds. The van der Waals surface area contributed by atoms with Crippen LogP contribution in [0.3, 0.4) is 0 Å². The topological polar surface area (TPSA) is 43.6 Å². The molecule has 0 bridgehead atoms. The number of nitrogens with zero attached hydrogens (tertiary/aromatic N) is 4. The van der Waals surface area contributed by atoms with Crippen molar-refractivity contribution in [3.05, 3.63) is 187 Å². The van der Waals surface area contributed by atoms with E-state index in [1.54, 1.807) is 0 Å². The largest absolute Gasteiger partial charge is 0.309 e. The van der Waals surface area contributed by atoms with E-state index in [0.29, 0.717) is 17.5 Å². The zero-order chi connectivity index (χ0) is 35.6. The lowest BCUT2D eigenvalue weighted by Crippen LogP contribution is -2.06. The molecular weight excluding hydrogens is 677 g/mol. The lowest BCUT2D eigenvalue weighted by molar-refractivity contribution is 0.852. The van der Waals surface area contributed by atoms with Gasteiger partial charge in [-0.3, -0.25) is 0 Å². The molecule has 1 aliphatic carbocycles. The van der Waals surface area contributed by atoms with Gasteiger partial charge in [-0.05, 0) is 59.8 Å². The molecule has 0 spiro atoms. The van der Waals surface area contributed by atoms with E-state index in [4.69, 9.17) is 15.0 Å². The predicted octanol–water partition coefficient (Wildman–Crippen LogP) is 13.0. The molecule has 4 nitrogen and oxygen atoms in total. The Bertz CT molecular complexity index is 3150. The molecule has 1 atom stereocenters. The molecule has 3 aromatic heterocycles. The van der Waals surface area contributed by atoms with Gasteiger partial charge in [-0.2, -0.15) is 0 Å². The van der Waals surface area contributed by atoms with Gasteiger partial charge in [0.2, 0.25) is 0 Å². The van der Waals surface area contributed by atoms with Crippen molar-refractivity contribution in [1.82, 2.24) is 19.5 Å². The minimum absolute atomic E-state index is 0.156. The van der Waals surface area contributed by atoms with Crippen LogP contribution >= 0.6 is 11.3 Å². The fourth-order valence-corrected chi connectivity index (χ4v) is 9.26. The quantitative estimate of drug-likeness (QED) is 0.179.